The lowest BCUT2D eigenvalue weighted by molar-refractivity contribution is -0.126. The number of hydrogen-bond acceptors (Lipinski definition) is 2. The van der Waals surface area contributed by atoms with E-state index in [-0.39, 0.29) is 15.6 Å². The molecule has 0 aromatic heterocycles. The van der Waals surface area contributed by atoms with Gasteiger partial charge in [0.15, 0.2) is 0 Å². The van der Waals surface area contributed by atoms with E-state index in [1.165, 1.54) is 0 Å². The molecule has 1 aliphatic rings. The molecule has 0 aliphatic carbocycles. The zero-order valence-electron chi connectivity index (χ0n) is 9.15. The number of allylic oxidation sites excluding steroid dienone is 1. The SMILES string of the molecule is CN1C(=O)C(I)CC=C1c1ccc(O)cc1Br. The van der Waals surface area contributed by atoms with E-state index in [0.717, 1.165) is 22.2 Å². The number of phenols is 1. The van der Waals surface area contributed by atoms with Gasteiger partial charge in [-0.05, 0) is 40.5 Å². The smallest absolute Gasteiger partial charge is 0.240 e. The second kappa shape index (κ2) is 4.97. The average Bonchev–Trinajstić information content (AvgIpc) is 2.28. The van der Waals surface area contributed by atoms with Gasteiger partial charge in [0.25, 0.3) is 0 Å². The van der Waals surface area contributed by atoms with Gasteiger partial charge in [0.1, 0.15) is 5.75 Å². The fourth-order valence-corrected chi connectivity index (χ4v) is 3.03. The standard InChI is InChI=1S/C12H11BrINO2/c1-15-11(5-4-10(14)12(15)17)8-3-2-7(16)6-9(8)13/h2-3,5-6,10,16H,4H2,1H3. The molecule has 1 heterocycles. The van der Waals surface area contributed by atoms with E-state index in [0.29, 0.717) is 0 Å². The maximum absolute atomic E-state index is 11.9. The number of alkyl halides is 1. The fourth-order valence-electron chi connectivity index (χ4n) is 1.78. The molecule has 0 saturated heterocycles. The first-order chi connectivity index (χ1) is 8.00. The number of amides is 1. The number of halogens is 2. The van der Waals surface area contributed by atoms with Crippen molar-refractivity contribution in [2.75, 3.05) is 7.05 Å². The van der Waals surface area contributed by atoms with Gasteiger partial charge in [-0.25, -0.2) is 0 Å². The Hall–Kier alpha value is -0.560. The molecule has 1 aliphatic heterocycles. The monoisotopic (exact) mass is 407 g/mol. The molecule has 1 N–H and O–H groups in total. The second-order valence-corrected chi connectivity index (χ2v) is 6.21. The van der Waals surface area contributed by atoms with Crippen molar-refractivity contribution in [3.63, 3.8) is 0 Å². The molecule has 1 unspecified atom stereocenters. The Morgan fingerprint density at radius 2 is 2.24 bits per heavy atom. The third kappa shape index (κ3) is 2.49. The van der Waals surface area contributed by atoms with Gasteiger partial charge in [-0.15, -0.1) is 0 Å². The first-order valence-corrected chi connectivity index (χ1v) is 7.15. The Bertz CT molecular complexity index is 501. The van der Waals surface area contributed by atoms with Crippen molar-refractivity contribution in [1.82, 2.24) is 4.90 Å². The summed E-state index contributed by atoms with van der Waals surface area (Å²) in [6.45, 7) is 0. The molecule has 1 aromatic rings. The molecule has 0 bridgehead atoms. The zero-order valence-corrected chi connectivity index (χ0v) is 12.9. The van der Waals surface area contributed by atoms with Gasteiger partial charge in [0.2, 0.25) is 5.91 Å². The molecule has 17 heavy (non-hydrogen) atoms. The Balaban J connectivity index is 2.43. The van der Waals surface area contributed by atoms with E-state index < -0.39 is 0 Å². The minimum absolute atomic E-state index is 0.0113. The van der Waals surface area contributed by atoms with Crippen LogP contribution in [-0.2, 0) is 4.79 Å². The molecular formula is C12H11BrINO2. The molecule has 0 fully saturated rings. The van der Waals surface area contributed by atoms with Crippen LogP contribution in [0.3, 0.4) is 0 Å². The van der Waals surface area contributed by atoms with Crippen LogP contribution in [0, 0.1) is 0 Å². The number of nitrogens with zero attached hydrogens (tertiary/aromatic N) is 1. The van der Waals surface area contributed by atoms with Crippen LogP contribution in [0.1, 0.15) is 12.0 Å². The molecule has 5 heteroatoms. The van der Waals surface area contributed by atoms with Gasteiger partial charge in [0, 0.05) is 22.8 Å². The van der Waals surface area contributed by atoms with Crippen molar-refractivity contribution in [2.24, 2.45) is 0 Å². The summed E-state index contributed by atoms with van der Waals surface area (Å²) in [5.41, 5.74) is 1.80. The fraction of sp³-hybridized carbons (Fsp3) is 0.250. The topological polar surface area (TPSA) is 40.5 Å². The van der Waals surface area contributed by atoms with Gasteiger partial charge in [-0.2, -0.15) is 0 Å². The van der Waals surface area contributed by atoms with Crippen molar-refractivity contribution >= 4 is 50.1 Å². The van der Waals surface area contributed by atoms with Gasteiger partial charge >= 0.3 is 0 Å². The number of rotatable bonds is 1. The highest BCUT2D eigenvalue weighted by atomic mass is 127. The predicted octanol–water partition coefficient (Wildman–Crippen LogP) is 3.16. The lowest BCUT2D eigenvalue weighted by Gasteiger charge is -2.28. The molecule has 1 amide bonds. The maximum Gasteiger partial charge on any atom is 0.240 e. The highest BCUT2D eigenvalue weighted by molar-refractivity contribution is 14.1. The number of carbonyl (C=O) groups is 1. The molecule has 0 spiro atoms. The summed E-state index contributed by atoms with van der Waals surface area (Å²) in [5, 5.41) is 9.36. The van der Waals surface area contributed by atoms with Crippen LogP contribution in [0.25, 0.3) is 5.70 Å². The van der Waals surface area contributed by atoms with E-state index in [4.69, 9.17) is 0 Å². The summed E-state index contributed by atoms with van der Waals surface area (Å²) in [7, 11) is 1.78. The summed E-state index contributed by atoms with van der Waals surface area (Å²) >= 11 is 5.56. The van der Waals surface area contributed by atoms with Crippen LogP contribution in [0.4, 0.5) is 0 Å². The zero-order chi connectivity index (χ0) is 12.6. The minimum atomic E-state index is 0.0113. The van der Waals surface area contributed by atoms with E-state index in [1.807, 2.05) is 6.07 Å². The summed E-state index contributed by atoms with van der Waals surface area (Å²) in [6, 6.07) is 5.06. The Morgan fingerprint density at radius 3 is 2.88 bits per heavy atom. The Morgan fingerprint density at radius 1 is 1.53 bits per heavy atom. The molecular weight excluding hydrogens is 397 g/mol. The minimum Gasteiger partial charge on any atom is -0.508 e. The number of carbonyl (C=O) groups excluding carboxylic acids is 1. The van der Waals surface area contributed by atoms with Crippen LogP contribution in [0.5, 0.6) is 5.75 Å². The van der Waals surface area contributed by atoms with Gasteiger partial charge in [-0.3, -0.25) is 4.79 Å². The first kappa shape index (κ1) is 12.9. The van der Waals surface area contributed by atoms with Gasteiger partial charge in [0.05, 0.1) is 3.92 Å². The van der Waals surface area contributed by atoms with E-state index in [9.17, 15) is 9.90 Å². The highest BCUT2D eigenvalue weighted by Crippen LogP contribution is 2.33. The molecule has 1 atom stereocenters. The van der Waals surface area contributed by atoms with Crippen LogP contribution < -0.4 is 0 Å². The maximum atomic E-state index is 11.9. The summed E-state index contributed by atoms with van der Waals surface area (Å²) in [5.74, 6) is 0.320. The Kier molecular flexibility index (Phi) is 3.77. The van der Waals surface area contributed by atoms with E-state index in [1.54, 1.807) is 24.1 Å². The van der Waals surface area contributed by atoms with Crippen LogP contribution >= 0.6 is 38.5 Å². The van der Waals surface area contributed by atoms with Gasteiger partial charge in [-0.1, -0.05) is 28.7 Å². The number of benzene rings is 1. The molecule has 2 rings (SSSR count). The summed E-state index contributed by atoms with van der Waals surface area (Å²) < 4.78 is 0.799. The average molecular weight is 408 g/mol. The quantitative estimate of drug-likeness (QED) is 0.573. The predicted molar refractivity (Wildman–Crippen MR) is 79.0 cm³/mol. The van der Waals surface area contributed by atoms with Crippen molar-refractivity contribution < 1.29 is 9.90 Å². The summed E-state index contributed by atoms with van der Waals surface area (Å²) in [4.78, 5) is 13.6. The molecule has 1 aromatic carbocycles. The van der Waals surface area contributed by atoms with Crippen molar-refractivity contribution in [3.05, 3.63) is 34.3 Å². The lowest BCUT2D eigenvalue weighted by Crippen LogP contribution is -2.35. The number of aromatic hydroxyl groups is 1. The van der Waals surface area contributed by atoms with Crippen molar-refractivity contribution in [3.8, 4) is 5.75 Å². The largest absolute Gasteiger partial charge is 0.508 e. The van der Waals surface area contributed by atoms with Crippen molar-refractivity contribution in [2.45, 2.75) is 10.3 Å². The summed E-state index contributed by atoms with van der Waals surface area (Å²) in [6.07, 6.45) is 2.79. The number of phenolic OH excluding ortho intramolecular Hbond substituents is 1. The van der Waals surface area contributed by atoms with Crippen LogP contribution in [0.2, 0.25) is 0 Å². The van der Waals surface area contributed by atoms with E-state index in [2.05, 4.69) is 44.6 Å². The highest BCUT2D eigenvalue weighted by Gasteiger charge is 2.27. The third-order valence-electron chi connectivity index (χ3n) is 2.71. The molecule has 0 radical (unpaired) electrons. The molecule has 0 saturated carbocycles. The number of hydrogen-bond donors (Lipinski definition) is 1. The Labute approximate surface area is 122 Å². The normalized spacial score (nSPS) is 20.4. The second-order valence-electron chi connectivity index (χ2n) is 3.85. The molecule has 90 valence electrons. The van der Waals surface area contributed by atoms with Crippen LogP contribution in [-0.4, -0.2) is 26.9 Å². The van der Waals surface area contributed by atoms with Gasteiger partial charge < -0.3 is 10.0 Å². The molecule has 3 nitrogen and oxygen atoms in total. The first-order valence-electron chi connectivity index (χ1n) is 5.11. The lowest BCUT2D eigenvalue weighted by atomic mass is 10.0. The van der Waals surface area contributed by atoms with Crippen molar-refractivity contribution in [1.29, 1.82) is 0 Å². The van der Waals surface area contributed by atoms with E-state index >= 15 is 0 Å². The van der Waals surface area contributed by atoms with Crippen LogP contribution in [0.15, 0.2) is 28.7 Å². The third-order valence-corrected chi connectivity index (χ3v) is 4.40.